The van der Waals surface area contributed by atoms with Crippen LogP contribution in [0.4, 0.5) is 0 Å². The van der Waals surface area contributed by atoms with Gasteiger partial charge in [0.15, 0.2) is 5.52 Å². The van der Waals surface area contributed by atoms with Gasteiger partial charge in [0, 0.05) is 0 Å². The summed E-state index contributed by atoms with van der Waals surface area (Å²) in [5, 5.41) is 0.799. The topological polar surface area (TPSA) is 26.3 Å². The third-order valence-corrected chi connectivity index (χ3v) is 3.36. The highest BCUT2D eigenvalue weighted by molar-refractivity contribution is 7.58. The minimum atomic E-state index is -0.0122. The molecule has 0 aliphatic heterocycles. The number of halogens is 2. The predicted octanol–water partition coefficient (Wildman–Crippen LogP) is 3.84. The molecule has 0 aliphatic carbocycles. The van der Waals surface area contributed by atoms with E-state index in [1.807, 2.05) is 6.92 Å². The maximum atomic E-state index is 11.8. The molecular formula is C10H11Cl2O2P. The Morgan fingerprint density at radius 1 is 1.40 bits per heavy atom. The van der Waals surface area contributed by atoms with E-state index in [0.29, 0.717) is 21.4 Å². The first-order valence-electron chi connectivity index (χ1n) is 4.42. The van der Waals surface area contributed by atoms with E-state index in [1.54, 1.807) is 12.1 Å². The second-order valence-corrected chi connectivity index (χ2v) is 5.13. The lowest BCUT2D eigenvalue weighted by molar-refractivity contribution is 0.108. The maximum Gasteiger partial charge on any atom is 0.186 e. The zero-order valence-corrected chi connectivity index (χ0v) is 10.9. The van der Waals surface area contributed by atoms with E-state index in [-0.39, 0.29) is 14.1 Å². The molecule has 0 fully saturated rings. The number of hydrogen-bond acceptors (Lipinski definition) is 2. The Balaban J connectivity index is 3.24. The van der Waals surface area contributed by atoms with Crippen LogP contribution in [0.25, 0.3) is 0 Å². The number of benzene rings is 1. The van der Waals surface area contributed by atoms with Crippen molar-refractivity contribution in [3.05, 3.63) is 27.7 Å². The summed E-state index contributed by atoms with van der Waals surface area (Å²) in [6.07, 6.45) is 0.796. The van der Waals surface area contributed by atoms with Crippen molar-refractivity contribution < 1.29 is 9.53 Å². The molecule has 0 heterocycles. The van der Waals surface area contributed by atoms with Gasteiger partial charge in [-0.25, -0.2) is 0 Å². The smallest absolute Gasteiger partial charge is 0.186 e. The zero-order chi connectivity index (χ0) is 11.4. The highest BCUT2D eigenvalue weighted by atomic mass is 35.5. The van der Waals surface area contributed by atoms with E-state index in [0.717, 1.165) is 6.16 Å². The summed E-state index contributed by atoms with van der Waals surface area (Å²) in [5.74, 6) is 0.370. The van der Waals surface area contributed by atoms with E-state index in [9.17, 15) is 4.79 Å². The van der Waals surface area contributed by atoms with E-state index in [2.05, 4.69) is 0 Å². The van der Waals surface area contributed by atoms with Gasteiger partial charge in [0.2, 0.25) is 0 Å². The van der Waals surface area contributed by atoms with Crippen molar-refractivity contribution in [2.75, 3.05) is 13.3 Å². The van der Waals surface area contributed by atoms with Gasteiger partial charge in [-0.1, -0.05) is 30.1 Å². The van der Waals surface area contributed by atoms with Crippen molar-refractivity contribution in [3.8, 4) is 5.75 Å². The average Bonchev–Trinajstić information content (AvgIpc) is 2.21. The summed E-state index contributed by atoms with van der Waals surface area (Å²) in [4.78, 5) is 11.8. The summed E-state index contributed by atoms with van der Waals surface area (Å²) >= 11 is 11.9. The van der Waals surface area contributed by atoms with Crippen LogP contribution in [0.5, 0.6) is 5.75 Å². The lowest BCUT2D eigenvalue weighted by Gasteiger charge is -2.10. The van der Waals surface area contributed by atoms with Crippen LogP contribution in [0.1, 0.15) is 17.3 Å². The predicted molar refractivity (Wildman–Crippen MR) is 66.2 cm³/mol. The largest absolute Gasteiger partial charge is 0.494 e. The van der Waals surface area contributed by atoms with Crippen molar-refractivity contribution in [2.24, 2.45) is 0 Å². The van der Waals surface area contributed by atoms with Gasteiger partial charge in [-0.05, 0) is 26.9 Å². The first kappa shape index (κ1) is 12.8. The summed E-state index contributed by atoms with van der Waals surface area (Å²) in [5.41, 5.74) is 0.383. The standard InChI is InChI=1S/C10H11Cl2O2P/c1-3-15-10(13)8-6(11)4-5-7(12)9(8)14-2/h4-5,15H,3H2,1-2H3. The van der Waals surface area contributed by atoms with E-state index >= 15 is 0 Å². The van der Waals surface area contributed by atoms with Crippen molar-refractivity contribution in [1.29, 1.82) is 0 Å². The molecule has 1 unspecified atom stereocenters. The first-order valence-corrected chi connectivity index (χ1v) is 6.38. The zero-order valence-electron chi connectivity index (χ0n) is 8.43. The molecule has 1 atom stereocenters. The van der Waals surface area contributed by atoms with Crippen LogP contribution in [-0.2, 0) is 0 Å². The van der Waals surface area contributed by atoms with Crippen LogP contribution in [0, 0.1) is 0 Å². The van der Waals surface area contributed by atoms with E-state index < -0.39 is 0 Å². The van der Waals surface area contributed by atoms with Crippen molar-refractivity contribution in [2.45, 2.75) is 6.92 Å². The van der Waals surface area contributed by atoms with Gasteiger partial charge in [0.05, 0.1) is 22.7 Å². The molecule has 0 bridgehead atoms. The van der Waals surface area contributed by atoms with Crippen LogP contribution in [0.2, 0.25) is 10.0 Å². The fourth-order valence-corrected chi connectivity index (χ4v) is 2.49. The van der Waals surface area contributed by atoms with Gasteiger partial charge < -0.3 is 4.74 Å². The van der Waals surface area contributed by atoms with Gasteiger partial charge in [-0.15, -0.1) is 0 Å². The highest BCUT2D eigenvalue weighted by Gasteiger charge is 2.18. The molecule has 0 aliphatic rings. The van der Waals surface area contributed by atoms with Gasteiger partial charge in [0.1, 0.15) is 5.75 Å². The number of rotatable bonds is 4. The van der Waals surface area contributed by atoms with Crippen molar-refractivity contribution >= 4 is 37.3 Å². The Morgan fingerprint density at radius 3 is 2.53 bits per heavy atom. The Bertz CT molecular complexity index is 380. The Morgan fingerprint density at radius 2 is 2.00 bits per heavy atom. The van der Waals surface area contributed by atoms with Gasteiger partial charge in [-0.2, -0.15) is 0 Å². The van der Waals surface area contributed by atoms with Crippen LogP contribution >= 0.6 is 31.8 Å². The number of carbonyl (C=O) groups is 1. The number of methoxy groups -OCH3 is 1. The van der Waals surface area contributed by atoms with Crippen molar-refractivity contribution in [1.82, 2.24) is 0 Å². The Labute approximate surface area is 101 Å². The lowest BCUT2D eigenvalue weighted by Crippen LogP contribution is -1.99. The summed E-state index contributed by atoms with van der Waals surface area (Å²) in [7, 11) is 1.67. The summed E-state index contributed by atoms with van der Waals surface area (Å²) < 4.78 is 5.09. The molecule has 15 heavy (non-hydrogen) atoms. The second-order valence-electron chi connectivity index (χ2n) is 2.80. The van der Waals surface area contributed by atoms with Crippen molar-refractivity contribution in [3.63, 3.8) is 0 Å². The minimum Gasteiger partial charge on any atom is -0.494 e. The third-order valence-electron chi connectivity index (χ3n) is 1.83. The highest BCUT2D eigenvalue weighted by Crippen LogP contribution is 2.37. The molecule has 1 rings (SSSR count). The second kappa shape index (κ2) is 5.69. The molecule has 82 valence electrons. The number of ether oxygens (including phenoxy) is 1. The average molecular weight is 265 g/mol. The summed E-state index contributed by atoms with van der Waals surface area (Å²) in [6.45, 7) is 1.95. The van der Waals surface area contributed by atoms with Crippen LogP contribution in [-0.4, -0.2) is 18.8 Å². The maximum absolute atomic E-state index is 11.8. The Hall–Kier alpha value is -0.300. The fraction of sp³-hybridized carbons (Fsp3) is 0.300. The molecule has 1 aromatic carbocycles. The molecule has 1 aromatic rings. The van der Waals surface area contributed by atoms with Gasteiger partial charge in [-0.3, -0.25) is 4.79 Å². The summed E-state index contributed by atoms with van der Waals surface area (Å²) in [6, 6.07) is 3.23. The fourth-order valence-electron chi connectivity index (χ4n) is 1.19. The SMILES string of the molecule is CCPC(=O)c1c(Cl)ccc(Cl)c1OC. The molecule has 0 saturated carbocycles. The third kappa shape index (κ3) is 2.84. The monoisotopic (exact) mass is 264 g/mol. The molecule has 5 heteroatoms. The quantitative estimate of drug-likeness (QED) is 0.773. The van der Waals surface area contributed by atoms with Gasteiger partial charge >= 0.3 is 0 Å². The van der Waals surface area contributed by atoms with Crippen LogP contribution in [0.15, 0.2) is 12.1 Å². The number of carbonyl (C=O) groups excluding carboxylic acids is 1. The molecule has 0 saturated heterocycles. The molecule has 0 N–H and O–H groups in total. The first-order chi connectivity index (χ1) is 7.11. The molecular weight excluding hydrogens is 254 g/mol. The molecule has 0 spiro atoms. The molecule has 2 nitrogen and oxygen atoms in total. The van der Waals surface area contributed by atoms with Gasteiger partial charge in [0.25, 0.3) is 0 Å². The van der Waals surface area contributed by atoms with Crippen LogP contribution in [0.3, 0.4) is 0 Å². The van der Waals surface area contributed by atoms with E-state index in [4.69, 9.17) is 27.9 Å². The Kier molecular flexibility index (Phi) is 4.85. The minimum absolute atomic E-state index is 0.0122. The van der Waals surface area contributed by atoms with Crippen LogP contribution < -0.4 is 4.74 Å². The lowest BCUT2D eigenvalue weighted by atomic mass is 10.2. The normalized spacial score (nSPS) is 10.9. The molecule has 0 amide bonds. The molecule has 0 aromatic heterocycles. The molecule has 0 radical (unpaired) electrons. The number of hydrogen-bond donors (Lipinski definition) is 0. The van der Waals surface area contributed by atoms with E-state index in [1.165, 1.54) is 7.11 Å².